The van der Waals surface area contributed by atoms with Crippen LogP contribution in [0.15, 0.2) is 12.1 Å². The third-order valence-electron chi connectivity index (χ3n) is 1.53. The summed E-state index contributed by atoms with van der Waals surface area (Å²) in [5.41, 5.74) is -0.238. The van der Waals surface area contributed by atoms with Crippen molar-refractivity contribution in [3.8, 4) is 0 Å². The van der Waals surface area contributed by atoms with Gasteiger partial charge in [-0.1, -0.05) is 11.6 Å². The van der Waals surface area contributed by atoms with Gasteiger partial charge in [-0.3, -0.25) is 0 Å². The largest absolute Gasteiger partial charge is 0.314 e. The summed E-state index contributed by atoms with van der Waals surface area (Å²) < 4.78 is 26.1. The van der Waals surface area contributed by atoms with Crippen LogP contribution >= 0.6 is 11.6 Å². The van der Waals surface area contributed by atoms with Crippen molar-refractivity contribution in [3.63, 3.8) is 0 Å². The topological polar surface area (TPSA) is 23.5 Å². The van der Waals surface area contributed by atoms with Gasteiger partial charge in [-0.2, -0.15) is 5.06 Å². The maximum atomic E-state index is 13.1. The molecule has 0 unspecified atom stereocenters. The zero-order valence-corrected chi connectivity index (χ0v) is 7.65. The second kappa shape index (κ2) is 4.00. The Kier molecular flexibility index (Phi) is 3.19. The molecule has 0 aliphatic carbocycles. The minimum atomic E-state index is -0.831. The number of rotatable bonds is 2. The maximum Gasteiger partial charge on any atom is 0.149 e. The highest BCUT2D eigenvalue weighted by molar-refractivity contribution is 6.30. The highest BCUT2D eigenvalue weighted by Gasteiger charge is 2.13. The third kappa shape index (κ3) is 2.37. The Morgan fingerprint density at radius 3 is 2.62 bits per heavy atom. The van der Waals surface area contributed by atoms with Gasteiger partial charge in [0.05, 0.1) is 11.6 Å². The van der Waals surface area contributed by atoms with E-state index in [4.69, 9.17) is 16.8 Å². The minimum absolute atomic E-state index is 0.154. The van der Waals surface area contributed by atoms with Gasteiger partial charge in [-0.25, -0.2) is 8.78 Å². The van der Waals surface area contributed by atoms with Crippen molar-refractivity contribution >= 4 is 11.6 Å². The van der Waals surface area contributed by atoms with Crippen LogP contribution in [0.3, 0.4) is 0 Å². The van der Waals surface area contributed by atoms with E-state index in [1.807, 2.05) is 0 Å². The van der Waals surface area contributed by atoms with Gasteiger partial charge in [0.25, 0.3) is 0 Å². The first-order chi connectivity index (χ1) is 6.02. The normalized spacial score (nSPS) is 10.9. The van der Waals surface area contributed by atoms with Crippen molar-refractivity contribution in [2.24, 2.45) is 0 Å². The highest BCUT2D eigenvalue weighted by atomic mass is 35.5. The molecular formula is C8H8ClF2NO. The van der Waals surface area contributed by atoms with Crippen LogP contribution in [-0.2, 0) is 6.54 Å². The van der Waals surface area contributed by atoms with E-state index >= 15 is 0 Å². The van der Waals surface area contributed by atoms with Gasteiger partial charge in [0.2, 0.25) is 0 Å². The van der Waals surface area contributed by atoms with E-state index in [-0.39, 0.29) is 17.1 Å². The van der Waals surface area contributed by atoms with Crippen LogP contribution in [0.4, 0.5) is 8.78 Å². The lowest BCUT2D eigenvalue weighted by molar-refractivity contribution is -0.0745. The molecule has 0 aromatic heterocycles. The van der Waals surface area contributed by atoms with E-state index in [1.165, 1.54) is 7.05 Å². The molecule has 0 aliphatic rings. The molecule has 1 aromatic rings. The van der Waals surface area contributed by atoms with Crippen LogP contribution in [0, 0.1) is 11.6 Å². The second-order valence-corrected chi connectivity index (χ2v) is 3.04. The smallest absolute Gasteiger partial charge is 0.149 e. The maximum absolute atomic E-state index is 13.1. The van der Waals surface area contributed by atoms with Crippen LogP contribution < -0.4 is 0 Å². The molecule has 0 heterocycles. The molecule has 0 fully saturated rings. The Labute approximate surface area is 79.3 Å². The molecule has 0 radical (unpaired) electrons. The average molecular weight is 208 g/mol. The zero-order chi connectivity index (χ0) is 10.0. The number of nitrogens with zero attached hydrogens (tertiary/aromatic N) is 1. The summed E-state index contributed by atoms with van der Waals surface area (Å²) >= 11 is 5.43. The fraction of sp³-hybridized carbons (Fsp3) is 0.250. The van der Waals surface area contributed by atoms with Crippen molar-refractivity contribution in [1.29, 1.82) is 0 Å². The van der Waals surface area contributed by atoms with E-state index in [2.05, 4.69) is 0 Å². The zero-order valence-electron chi connectivity index (χ0n) is 6.89. The molecule has 0 saturated carbocycles. The molecular weight excluding hydrogens is 200 g/mol. The van der Waals surface area contributed by atoms with Crippen LogP contribution in [-0.4, -0.2) is 17.3 Å². The van der Waals surface area contributed by atoms with E-state index in [9.17, 15) is 8.78 Å². The Morgan fingerprint density at radius 2 is 2.08 bits per heavy atom. The van der Waals surface area contributed by atoms with E-state index in [0.29, 0.717) is 5.06 Å². The lowest BCUT2D eigenvalue weighted by Gasteiger charge is -2.10. The van der Waals surface area contributed by atoms with E-state index in [1.54, 1.807) is 0 Å². The molecule has 0 atom stereocenters. The molecule has 1 aromatic carbocycles. The highest BCUT2D eigenvalue weighted by Crippen LogP contribution is 2.21. The van der Waals surface area contributed by atoms with Crippen LogP contribution in [0.25, 0.3) is 0 Å². The second-order valence-electron chi connectivity index (χ2n) is 2.64. The predicted molar refractivity (Wildman–Crippen MR) is 44.6 cm³/mol. The van der Waals surface area contributed by atoms with Crippen molar-refractivity contribution in [2.45, 2.75) is 6.54 Å². The van der Waals surface area contributed by atoms with E-state index in [0.717, 1.165) is 12.1 Å². The van der Waals surface area contributed by atoms with Crippen molar-refractivity contribution in [2.75, 3.05) is 7.05 Å². The predicted octanol–water partition coefficient (Wildman–Crippen LogP) is 2.44. The van der Waals surface area contributed by atoms with Crippen molar-refractivity contribution in [1.82, 2.24) is 5.06 Å². The molecule has 0 amide bonds. The first kappa shape index (κ1) is 10.4. The molecule has 0 bridgehead atoms. The Morgan fingerprint density at radius 1 is 1.46 bits per heavy atom. The lowest BCUT2D eigenvalue weighted by Crippen LogP contribution is -2.14. The van der Waals surface area contributed by atoms with Gasteiger partial charge < -0.3 is 5.21 Å². The van der Waals surface area contributed by atoms with Gasteiger partial charge in [-0.05, 0) is 12.1 Å². The fourth-order valence-electron chi connectivity index (χ4n) is 0.943. The average Bonchev–Trinajstić information content (AvgIpc) is 2.05. The Hall–Kier alpha value is -0.710. The van der Waals surface area contributed by atoms with Crippen molar-refractivity contribution < 1.29 is 14.0 Å². The number of benzene rings is 1. The molecule has 5 heteroatoms. The molecule has 0 spiro atoms. The number of hydrogen-bond donors (Lipinski definition) is 1. The van der Waals surface area contributed by atoms with Gasteiger partial charge in [-0.15, -0.1) is 0 Å². The molecule has 72 valence electrons. The number of hydrogen-bond acceptors (Lipinski definition) is 2. The molecule has 13 heavy (non-hydrogen) atoms. The summed E-state index contributed by atoms with van der Waals surface area (Å²) in [7, 11) is 1.29. The van der Waals surface area contributed by atoms with Gasteiger partial charge in [0, 0.05) is 12.6 Å². The van der Waals surface area contributed by atoms with Crippen LogP contribution in [0.2, 0.25) is 5.02 Å². The van der Waals surface area contributed by atoms with Gasteiger partial charge in [0.15, 0.2) is 0 Å². The monoisotopic (exact) mass is 207 g/mol. The Bertz CT molecular complexity index is 317. The molecule has 0 aliphatic heterocycles. The van der Waals surface area contributed by atoms with E-state index < -0.39 is 11.6 Å². The first-order valence-corrected chi connectivity index (χ1v) is 3.92. The molecule has 1 N–H and O–H groups in total. The third-order valence-corrected chi connectivity index (χ3v) is 1.82. The first-order valence-electron chi connectivity index (χ1n) is 3.54. The SMILES string of the molecule is CN(O)Cc1c(F)ccc(Cl)c1F. The van der Waals surface area contributed by atoms with Crippen LogP contribution in [0.5, 0.6) is 0 Å². The van der Waals surface area contributed by atoms with Crippen LogP contribution in [0.1, 0.15) is 5.56 Å². The summed E-state index contributed by atoms with van der Waals surface area (Å²) in [6.45, 7) is -0.238. The lowest BCUT2D eigenvalue weighted by atomic mass is 10.2. The quantitative estimate of drug-likeness (QED) is 0.595. The summed E-state index contributed by atoms with van der Waals surface area (Å²) in [5, 5.41) is 9.33. The minimum Gasteiger partial charge on any atom is -0.314 e. The summed E-state index contributed by atoms with van der Waals surface area (Å²) in [4.78, 5) is 0. The summed E-state index contributed by atoms with van der Waals surface area (Å²) in [6.07, 6.45) is 0. The fourth-order valence-corrected chi connectivity index (χ4v) is 1.12. The summed E-state index contributed by atoms with van der Waals surface area (Å²) in [6, 6.07) is 2.19. The summed E-state index contributed by atoms with van der Waals surface area (Å²) in [5.74, 6) is -1.55. The molecule has 1 rings (SSSR count). The van der Waals surface area contributed by atoms with Crippen molar-refractivity contribution in [3.05, 3.63) is 34.4 Å². The standard InChI is InChI=1S/C8H8ClF2NO/c1-12(13)4-5-7(10)3-2-6(9)8(5)11/h2-3,13H,4H2,1H3. The van der Waals surface area contributed by atoms with Gasteiger partial charge >= 0.3 is 0 Å². The number of hydroxylamine groups is 2. The van der Waals surface area contributed by atoms with Gasteiger partial charge in [0.1, 0.15) is 11.6 Å². The number of halogens is 3. The molecule has 0 saturated heterocycles. The Balaban J connectivity index is 3.10. The molecule has 2 nitrogen and oxygen atoms in total.